The van der Waals surface area contributed by atoms with Crippen molar-refractivity contribution in [2.75, 3.05) is 31.6 Å². The topological polar surface area (TPSA) is 94.1 Å². The molecule has 0 spiro atoms. The lowest BCUT2D eigenvalue weighted by Gasteiger charge is -2.32. The molecular weight excluding hydrogens is 466 g/mol. The Labute approximate surface area is 217 Å². The number of pyridine rings is 1. The summed E-state index contributed by atoms with van der Waals surface area (Å²) in [6.07, 6.45) is 6.02. The van der Waals surface area contributed by atoms with Gasteiger partial charge in [0, 0.05) is 55.1 Å². The average Bonchev–Trinajstić information content (AvgIpc) is 3.60. The first-order valence-electron chi connectivity index (χ1n) is 13.5. The van der Waals surface area contributed by atoms with Crippen molar-refractivity contribution in [3.8, 4) is 11.5 Å². The molecule has 2 fully saturated rings. The molecule has 5 heterocycles. The fraction of sp³-hybridized carbons (Fsp3) is 0.500. The van der Waals surface area contributed by atoms with Gasteiger partial charge in [0.2, 0.25) is 11.8 Å². The molecule has 0 saturated carbocycles. The number of nitrogens with one attached hydrogen (secondary N) is 1. The van der Waals surface area contributed by atoms with Crippen molar-refractivity contribution in [1.29, 1.82) is 0 Å². The Morgan fingerprint density at radius 3 is 2.57 bits per heavy atom. The van der Waals surface area contributed by atoms with Crippen LogP contribution < -0.4 is 5.32 Å². The molecule has 0 radical (unpaired) electrons. The van der Waals surface area contributed by atoms with Gasteiger partial charge in [0.25, 0.3) is 0 Å². The first-order chi connectivity index (χ1) is 18.2. The number of piperidine rings is 1. The van der Waals surface area contributed by atoms with E-state index >= 15 is 0 Å². The maximum atomic E-state index is 6.07. The third-order valence-corrected chi connectivity index (χ3v) is 7.74. The first kappa shape index (κ1) is 24.1. The van der Waals surface area contributed by atoms with Gasteiger partial charge in [0.05, 0.1) is 17.3 Å². The van der Waals surface area contributed by atoms with Crippen LogP contribution in [-0.4, -0.2) is 62.2 Å². The van der Waals surface area contributed by atoms with E-state index in [0.717, 1.165) is 93.3 Å². The van der Waals surface area contributed by atoms with Gasteiger partial charge >= 0.3 is 0 Å². The van der Waals surface area contributed by atoms with Crippen molar-refractivity contribution in [2.24, 2.45) is 0 Å². The smallest absolute Gasteiger partial charge is 0.247 e. The Morgan fingerprint density at radius 2 is 1.81 bits per heavy atom. The molecule has 1 N–H and O–H groups in total. The van der Waals surface area contributed by atoms with Gasteiger partial charge in [-0.1, -0.05) is 18.2 Å². The highest BCUT2D eigenvalue weighted by atomic mass is 16.5. The number of hydrogen-bond acceptors (Lipinski definition) is 8. The lowest BCUT2D eigenvalue weighted by atomic mass is 9.96. The zero-order valence-corrected chi connectivity index (χ0v) is 21.7. The monoisotopic (exact) mass is 501 g/mol. The van der Waals surface area contributed by atoms with Gasteiger partial charge in [-0.15, -0.1) is 10.2 Å². The molecule has 37 heavy (non-hydrogen) atoms. The third-order valence-electron chi connectivity index (χ3n) is 7.74. The highest BCUT2D eigenvalue weighted by molar-refractivity contribution is 5.91. The summed E-state index contributed by atoms with van der Waals surface area (Å²) in [6.45, 7) is 9.50. The molecule has 2 saturated heterocycles. The van der Waals surface area contributed by atoms with Gasteiger partial charge in [-0.25, -0.2) is 9.67 Å². The highest BCUT2D eigenvalue weighted by Crippen LogP contribution is 2.34. The SMILES string of the molecule is CCn1ncc2c(NC3CCOCC3)c(CN3CCC(c4nnc(-c5ccccc5)o4)CC3)c(C)nc21. The number of aryl methyl sites for hydroxylation is 2. The zero-order valence-electron chi connectivity index (χ0n) is 21.7. The fourth-order valence-corrected chi connectivity index (χ4v) is 5.54. The number of anilines is 1. The van der Waals surface area contributed by atoms with Crippen LogP contribution in [-0.2, 0) is 17.8 Å². The molecule has 2 aliphatic rings. The van der Waals surface area contributed by atoms with E-state index in [4.69, 9.17) is 14.1 Å². The summed E-state index contributed by atoms with van der Waals surface area (Å²) in [7, 11) is 0. The van der Waals surface area contributed by atoms with Crippen molar-refractivity contribution >= 4 is 16.7 Å². The number of fused-ring (bicyclic) bond motifs is 1. The van der Waals surface area contributed by atoms with Crippen LogP contribution in [0.2, 0.25) is 0 Å². The third kappa shape index (κ3) is 4.98. The van der Waals surface area contributed by atoms with E-state index in [1.165, 1.54) is 11.3 Å². The average molecular weight is 502 g/mol. The van der Waals surface area contributed by atoms with Gasteiger partial charge in [-0.3, -0.25) is 4.90 Å². The minimum Gasteiger partial charge on any atom is -0.420 e. The second kappa shape index (κ2) is 10.6. The lowest BCUT2D eigenvalue weighted by molar-refractivity contribution is 0.0904. The molecule has 0 amide bonds. The van der Waals surface area contributed by atoms with Gasteiger partial charge in [0.1, 0.15) is 0 Å². The maximum Gasteiger partial charge on any atom is 0.247 e. The largest absolute Gasteiger partial charge is 0.420 e. The molecule has 0 atom stereocenters. The molecule has 3 aromatic heterocycles. The number of nitrogens with zero attached hydrogens (tertiary/aromatic N) is 6. The number of ether oxygens (including phenoxy) is 1. The molecular formula is C28H35N7O2. The first-order valence-corrected chi connectivity index (χ1v) is 13.5. The van der Waals surface area contributed by atoms with Gasteiger partial charge in [0.15, 0.2) is 5.65 Å². The van der Waals surface area contributed by atoms with Crippen LogP contribution in [0.1, 0.15) is 55.7 Å². The van der Waals surface area contributed by atoms with Crippen molar-refractivity contribution in [1.82, 2.24) is 29.9 Å². The minimum atomic E-state index is 0.297. The molecule has 2 aliphatic heterocycles. The van der Waals surface area contributed by atoms with E-state index in [1.807, 2.05) is 41.2 Å². The van der Waals surface area contributed by atoms with Crippen LogP contribution in [0, 0.1) is 6.92 Å². The van der Waals surface area contributed by atoms with E-state index in [-0.39, 0.29) is 0 Å². The number of aromatic nitrogens is 5. The molecule has 4 aromatic rings. The summed E-state index contributed by atoms with van der Waals surface area (Å²) in [5, 5.41) is 18.3. The molecule has 6 rings (SSSR count). The molecule has 0 unspecified atom stereocenters. The number of hydrogen-bond donors (Lipinski definition) is 1. The molecule has 1 aromatic carbocycles. The molecule has 0 aliphatic carbocycles. The molecule has 0 bridgehead atoms. The van der Waals surface area contributed by atoms with E-state index in [2.05, 4.69) is 39.4 Å². The molecule has 194 valence electrons. The summed E-state index contributed by atoms with van der Waals surface area (Å²) in [5.41, 5.74) is 5.47. The predicted octanol–water partition coefficient (Wildman–Crippen LogP) is 4.78. The normalized spacial score (nSPS) is 18.0. The summed E-state index contributed by atoms with van der Waals surface area (Å²) in [6, 6.07) is 10.4. The Bertz CT molecular complexity index is 1340. The standard InChI is InChI=1S/C28H35N7O2/c1-3-35-26-23(17-29-35)25(31-22-11-15-36-16-12-22)24(19(2)30-26)18-34-13-9-21(10-14-34)28-33-32-27(37-28)20-7-5-4-6-8-20/h4-8,17,21-22H,3,9-16,18H2,1-2H3,(H,30,31). The van der Waals surface area contributed by atoms with E-state index < -0.39 is 0 Å². The summed E-state index contributed by atoms with van der Waals surface area (Å²) >= 11 is 0. The van der Waals surface area contributed by atoms with Crippen molar-refractivity contribution in [2.45, 2.75) is 64.6 Å². The maximum absolute atomic E-state index is 6.07. The second-order valence-corrected chi connectivity index (χ2v) is 10.1. The lowest BCUT2D eigenvalue weighted by Crippen LogP contribution is -2.34. The van der Waals surface area contributed by atoms with Gasteiger partial charge in [-0.2, -0.15) is 5.10 Å². The van der Waals surface area contributed by atoms with Crippen LogP contribution in [0.5, 0.6) is 0 Å². The predicted molar refractivity (Wildman–Crippen MR) is 142 cm³/mol. The van der Waals surface area contributed by atoms with Crippen molar-refractivity contribution < 1.29 is 9.15 Å². The number of benzene rings is 1. The van der Waals surface area contributed by atoms with E-state index in [1.54, 1.807) is 0 Å². The van der Waals surface area contributed by atoms with Crippen molar-refractivity contribution in [3.63, 3.8) is 0 Å². The van der Waals surface area contributed by atoms with Crippen molar-refractivity contribution in [3.05, 3.63) is 53.7 Å². The Hall–Kier alpha value is -3.30. The summed E-state index contributed by atoms with van der Waals surface area (Å²) < 4.78 is 13.7. The molecule has 9 heteroatoms. The zero-order chi connectivity index (χ0) is 25.2. The summed E-state index contributed by atoms with van der Waals surface area (Å²) in [4.78, 5) is 7.52. The minimum absolute atomic E-state index is 0.297. The van der Waals surface area contributed by atoms with Crippen LogP contribution in [0.15, 0.2) is 40.9 Å². The van der Waals surface area contributed by atoms with Crippen LogP contribution in [0.4, 0.5) is 5.69 Å². The van der Waals surface area contributed by atoms with Gasteiger partial charge < -0.3 is 14.5 Å². The Morgan fingerprint density at radius 1 is 1.03 bits per heavy atom. The highest BCUT2D eigenvalue weighted by Gasteiger charge is 2.27. The van der Waals surface area contributed by atoms with Crippen LogP contribution in [0.3, 0.4) is 0 Å². The van der Waals surface area contributed by atoms with Crippen LogP contribution >= 0.6 is 0 Å². The second-order valence-electron chi connectivity index (χ2n) is 10.1. The Balaban J connectivity index is 1.19. The van der Waals surface area contributed by atoms with E-state index in [9.17, 15) is 0 Å². The van der Waals surface area contributed by atoms with Crippen LogP contribution in [0.25, 0.3) is 22.5 Å². The quantitative estimate of drug-likeness (QED) is 0.387. The number of rotatable bonds is 7. The van der Waals surface area contributed by atoms with Gasteiger partial charge in [-0.05, 0) is 64.8 Å². The number of likely N-dealkylation sites (tertiary alicyclic amines) is 1. The summed E-state index contributed by atoms with van der Waals surface area (Å²) in [5.74, 6) is 1.65. The molecule has 9 nitrogen and oxygen atoms in total. The van der Waals surface area contributed by atoms with E-state index in [0.29, 0.717) is 17.9 Å². The Kier molecular flexibility index (Phi) is 6.89. The fourth-order valence-electron chi connectivity index (χ4n) is 5.54.